The van der Waals surface area contributed by atoms with Crippen molar-refractivity contribution in [2.24, 2.45) is 0 Å². The van der Waals surface area contributed by atoms with Crippen LogP contribution in [0.3, 0.4) is 0 Å². The largest absolute Gasteiger partial charge is 0.326 e. The van der Waals surface area contributed by atoms with Gasteiger partial charge >= 0.3 is 0 Å². The number of nitrogens with zero attached hydrogens (tertiary/aromatic N) is 1. The first-order valence-electron chi connectivity index (χ1n) is 11.1. The van der Waals surface area contributed by atoms with E-state index in [1.54, 1.807) is 11.8 Å². The van der Waals surface area contributed by atoms with Gasteiger partial charge in [-0.05, 0) is 42.2 Å². The van der Waals surface area contributed by atoms with Crippen molar-refractivity contribution < 1.29 is 9.59 Å². The molecule has 1 N–H and O–H groups in total. The molecule has 1 fully saturated rings. The molecule has 0 aromatic heterocycles. The Morgan fingerprint density at radius 3 is 2.67 bits per heavy atom. The van der Waals surface area contributed by atoms with Crippen LogP contribution in [0.15, 0.2) is 48.5 Å². The van der Waals surface area contributed by atoms with Crippen LogP contribution in [-0.2, 0) is 16.0 Å². The summed E-state index contributed by atoms with van der Waals surface area (Å²) in [6.45, 7) is 4.30. The molecule has 0 radical (unpaired) electrons. The Balaban J connectivity index is 1.70. The lowest BCUT2D eigenvalue weighted by Gasteiger charge is -2.26. The first-order chi connectivity index (χ1) is 14.6. The Morgan fingerprint density at radius 1 is 1.07 bits per heavy atom. The van der Waals surface area contributed by atoms with Crippen molar-refractivity contribution in [2.75, 3.05) is 16.0 Å². The number of thioether (sulfide) groups is 1. The fourth-order valence-electron chi connectivity index (χ4n) is 3.86. The van der Waals surface area contributed by atoms with Gasteiger partial charge in [-0.1, -0.05) is 69.9 Å². The van der Waals surface area contributed by atoms with Crippen LogP contribution in [0.4, 0.5) is 11.4 Å². The van der Waals surface area contributed by atoms with Crippen molar-refractivity contribution in [2.45, 2.75) is 64.2 Å². The quantitative estimate of drug-likeness (QED) is 0.454. The molecule has 1 aliphatic heterocycles. The second kappa shape index (κ2) is 11.2. The molecular weight excluding hydrogens is 392 g/mol. The highest BCUT2D eigenvalue weighted by molar-refractivity contribution is 8.00. The Labute approximate surface area is 184 Å². The highest BCUT2D eigenvalue weighted by atomic mass is 32.2. The summed E-state index contributed by atoms with van der Waals surface area (Å²) in [7, 11) is 0. The molecule has 160 valence electrons. The van der Waals surface area contributed by atoms with E-state index in [1.807, 2.05) is 47.4 Å². The average molecular weight is 425 g/mol. The summed E-state index contributed by atoms with van der Waals surface area (Å²) < 4.78 is 0. The van der Waals surface area contributed by atoms with E-state index >= 15 is 0 Å². The van der Waals surface area contributed by atoms with Gasteiger partial charge in [-0.15, -0.1) is 11.8 Å². The minimum Gasteiger partial charge on any atom is -0.326 e. The number of hydrogen-bond acceptors (Lipinski definition) is 3. The van der Waals surface area contributed by atoms with E-state index in [1.165, 1.54) is 24.8 Å². The number of anilines is 2. The maximum atomic E-state index is 12.7. The molecule has 0 bridgehead atoms. The number of amides is 2. The average Bonchev–Trinajstić information content (AvgIpc) is 3.15. The lowest BCUT2D eigenvalue weighted by molar-refractivity contribution is -0.117. The van der Waals surface area contributed by atoms with Gasteiger partial charge in [0.2, 0.25) is 11.8 Å². The number of aryl methyl sites for hydroxylation is 1. The smallest absolute Gasteiger partial charge is 0.238 e. The van der Waals surface area contributed by atoms with Crippen molar-refractivity contribution >= 4 is 35.0 Å². The minimum atomic E-state index is -0.0731. The van der Waals surface area contributed by atoms with Gasteiger partial charge in [0.1, 0.15) is 5.37 Å². The summed E-state index contributed by atoms with van der Waals surface area (Å²) in [6, 6.07) is 16.0. The molecule has 2 aromatic rings. The molecule has 2 aromatic carbocycles. The molecule has 4 nitrogen and oxygen atoms in total. The highest BCUT2D eigenvalue weighted by Gasteiger charge is 2.35. The Morgan fingerprint density at radius 2 is 1.87 bits per heavy atom. The number of nitrogens with one attached hydrogen (secondary N) is 1. The molecule has 5 heteroatoms. The molecule has 0 aliphatic carbocycles. The van der Waals surface area contributed by atoms with Gasteiger partial charge in [-0.3, -0.25) is 14.5 Å². The number of benzene rings is 2. The van der Waals surface area contributed by atoms with E-state index in [0.717, 1.165) is 36.2 Å². The van der Waals surface area contributed by atoms with Crippen LogP contribution in [0, 0.1) is 0 Å². The van der Waals surface area contributed by atoms with E-state index in [4.69, 9.17) is 0 Å². The number of hydrogen-bond donors (Lipinski definition) is 1. The molecule has 0 spiro atoms. The van der Waals surface area contributed by atoms with Crippen molar-refractivity contribution in [3.8, 4) is 0 Å². The zero-order chi connectivity index (χ0) is 21.3. The molecule has 1 saturated heterocycles. The van der Waals surface area contributed by atoms with Crippen LogP contribution in [-0.4, -0.2) is 17.6 Å². The summed E-state index contributed by atoms with van der Waals surface area (Å²) in [5.74, 6) is 0.663. The summed E-state index contributed by atoms with van der Waals surface area (Å²) >= 11 is 1.64. The number of unbranched alkanes of at least 4 members (excludes halogenated alkanes) is 4. The normalized spacial score (nSPS) is 16.1. The third-order valence-electron chi connectivity index (χ3n) is 5.46. The summed E-state index contributed by atoms with van der Waals surface area (Å²) in [4.78, 5) is 27.0. The zero-order valence-electron chi connectivity index (χ0n) is 18.0. The van der Waals surface area contributed by atoms with Crippen molar-refractivity contribution in [1.82, 2.24) is 0 Å². The van der Waals surface area contributed by atoms with Crippen LogP contribution < -0.4 is 10.2 Å². The molecule has 2 amide bonds. The summed E-state index contributed by atoms with van der Waals surface area (Å²) in [6.07, 6.45) is 7.11. The lowest BCUT2D eigenvalue weighted by Crippen LogP contribution is -2.28. The van der Waals surface area contributed by atoms with Crippen LogP contribution in [0.5, 0.6) is 0 Å². The molecule has 1 aliphatic rings. The predicted molar refractivity (Wildman–Crippen MR) is 127 cm³/mol. The highest BCUT2D eigenvalue weighted by Crippen LogP contribution is 2.43. The monoisotopic (exact) mass is 424 g/mol. The van der Waals surface area contributed by atoms with E-state index in [-0.39, 0.29) is 17.2 Å². The Bertz CT molecular complexity index is 868. The fourth-order valence-corrected chi connectivity index (χ4v) is 5.02. The maximum absolute atomic E-state index is 12.7. The molecular formula is C25H32N2O2S. The predicted octanol–water partition coefficient (Wildman–Crippen LogP) is 6.33. The molecule has 0 saturated carbocycles. The second-order valence-electron chi connectivity index (χ2n) is 7.75. The first kappa shape index (κ1) is 22.4. The van der Waals surface area contributed by atoms with E-state index in [9.17, 15) is 9.59 Å². The summed E-state index contributed by atoms with van der Waals surface area (Å²) in [5.41, 5.74) is 4.00. The third-order valence-corrected chi connectivity index (χ3v) is 6.68. The van der Waals surface area contributed by atoms with Crippen LogP contribution >= 0.6 is 11.8 Å². The number of para-hydroxylation sites is 1. The van der Waals surface area contributed by atoms with E-state index in [0.29, 0.717) is 12.2 Å². The van der Waals surface area contributed by atoms with Crippen LogP contribution in [0.2, 0.25) is 0 Å². The van der Waals surface area contributed by atoms with Gasteiger partial charge in [-0.2, -0.15) is 0 Å². The molecule has 30 heavy (non-hydrogen) atoms. The molecule has 1 atom stereocenters. The number of rotatable bonds is 10. The molecule has 3 rings (SSSR count). The Hall–Kier alpha value is -2.27. The van der Waals surface area contributed by atoms with Gasteiger partial charge in [0, 0.05) is 17.8 Å². The van der Waals surface area contributed by atoms with Crippen molar-refractivity contribution in [3.05, 3.63) is 59.7 Å². The van der Waals surface area contributed by atoms with Crippen molar-refractivity contribution in [3.63, 3.8) is 0 Å². The van der Waals surface area contributed by atoms with Crippen LogP contribution in [0.1, 0.15) is 68.9 Å². The van der Waals surface area contributed by atoms with Crippen molar-refractivity contribution in [1.29, 1.82) is 0 Å². The van der Waals surface area contributed by atoms with E-state index < -0.39 is 0 Å². The zero-order valence-corrected chi connectivity index (χ0v) is 18.8. The van der Waals surface area contributed by atoms with Gasteiger partial charge in [0.25, 0.3) is 0 Å². The van der Waals surface area contributed by atoms with Gasteiger partial charge in [-0.25, -0.2) is 0 Å². The van der Waals surface area contributed by atoms with Crippen LogP contribution in [0.25, 0.3) is 0 Å². The lowest BCUT2D eigenvalue weighted by atomic mass is 10.1. The SMILES string of the molecule is CCCCCCCC(=O)Nc1cccc(C2SCC(=O)N2c2ccccc2CC)c1. The summed E-state index contributed by atoms with van der Waals surface area (Å²) in [5, 5.41) is 2.96. The van der Waals surface area contributed by atoms with E-state index in [2.05, 4.69) is 25.2 Å². The topological polar surface area (TPSA) is 49.4 Å². The fraction of sp³-hybridized carbons (Fsp3) is 0.440. The first-order valence-corrected chi connectivity index (χ1v) is 12.1. The van der Waals surface area contributed by atoms with Gasteiger partial charge in [0.15, 0.2) is 0 Å². The Kier molecular flexibility index (Phi) is 8.38. The molecule has 1 heterocycles. The second-order valence-corrected chi connectivity index (χ2v) is 8.82. The number of carbonyl (C=O) groups is 2. The standard InChI is InChI=1S/C25H32N2O2S/c1-3-5-6-7-8-16-23(28)26-21-14-11-13-20(17-21)25-27(24(29)18-30-25)22-15-10-9-12-19(22)4-2/h9-15,17,25H,3-8,16,18H2,1-2H3,(H,26,28). The third kappa shape index (κ3) is 5.66. The maximum Gasteiger partial charge on any atom is 0.238 e. The van der Waals surface area contributed by atoms with Gasteiger partial charge in [0.05, 0.1) is 5.75 Å². The van der Waals surface area contributed by atoms with Gasteiger partial charge < -0.3 is 5.32 Å². The number of carbonyl (C=O) groups excluding carboxylic acids is 2. The molecule has 1 unspecified atom stereocenters. The minimum absolute atomic E-state index is 0.0620.